The van der Waals surface area contributed by atoms with Gasteiger partial charge in [0, 0.05) is 12.2 Å². The average molecular weight is 330 g/mol. The first-order chi connectivity index (χ1) is 11.0. The Labute approximate surface area is 142 Å². The molecule has 0 radical (unpaired) electrons. The van der Waals surface area contributed by atoms with Gasteiger partial charge in [0.2, 0.25) is 0 Å². The fraction of sp³-hybridized carbons (Fsp3) is 0.263. The van der Waals surface area contributed by atoms with Crippen LogP contribution in [0.25, 0.3) is 0 Å². The lowest BCUT2D eigenvalue weighted by Gasteiger charge is -2.14. The molecular weight excluding hydrogens is 310 g/mol. The number of nitrogens with one attached hydrogen (secondary N) is 1. The van der Waals surface area contributed by atoms with Crippen molar-refractivity contribution >= 4 is 17.3 Å². The van der Waals surface area contributed by atoms with Gasteiger partial charge in [0.05, 0.1) is 12.1 Å². The zero-order chi connectivity index (χ0) is 16.8. The van der Waals surface area contributed by atoms with E-state index in [4.69, 9.17) is 27.5 Å². The first-order valence-corrected chi connectivity index (χ1v) is 7.66. The molecular formula is C19H20ClNO2. The Bertz CT molecular complexity index is 735. The summed E-state index contributed by atoms with van der Waals surface area (Å²) in [5, 5.41) is 3.87. The summed E-state index contributed by atoms with van der Waals surface area (Å²) in [7, 11) is 1.58. The van der Waals surface area contributed by atoms with Crippen LogP contribution in [0.4, 0.5) is 5.69 Å². The summed E-state index contributed by atoms with van der Waals surface area (Å²) in [5.41, 5.74) is 4.59. The maximum absolute atomic E-state index is 6.28. The van der Waals surface area contributed by atoms with Gasteiger partial charge >= 0.3 is 0 Å². The molecule has 0 atom stereocenters. The van der Waals surface area contributed by atoms with Crippen molar-refractivity contribution in [3.63, 3.8) is 0 Å². The fourth-order valence-corrected chi connectivity index (χ4v) is 2.47. The summed E-state index contributed by atoms with van der Waals surface area (Å²) in [6.45, 7) is 4.97. The summed E-state index contributed by atoms with van der Waals surface area (Å²) < 4.78 is 10.8. The standard InChI is InChI=1S/C19H20ClNO2/c1-5-8-23-19-17(20)10-15(11-18(19)22-4)12-21-16-7-6-13(2)14(3)9-16/h1,6-7,9-11,21H,8,12H2,2-4H3. The molecule has 120 valence electrons. The van der Waals surface area contributed by atoms with Gasteiger partial charge < -0.3 is 14.8 Å². The Hall–Kier alpha value is -2.31. The maximum atomic E-state index is 6.28. The minimum Gasteiger partial charge on any atom is -0.493 e. The number of halogens is 1. The lowest BCUT2D eigenvalue weighted by Crippen LogP contribution is -2.03. The summed E-state index contributed by atoms with van der Waals surface area (Å²) in [6, 6.07) is 10.0. The molecule has 0 aromatic heterocycles. The van der Waals surface area contributed by atoms with Crippen LogP contribution < -0.4 is 14.8 Å². The lowest BCUT2D eigenvalue weighted by atomic mass is 10.1. The van der Waals surface area contributed by atoms with Crippen molar-refractivity contribution in [3.8, 4) is 23.8 Å². The van der Waals surface area contributed by atoms with Gasteiger partial charge in [-0.3, -0.25) is 0 Å². The number of ether oxygens (including phenoxy) is 2. The van der Waals surface area contributed by atoms with E-state index in [1.54, 1.807) is 7.11 Å². The second kappa shape index (κ2) is 7.80. The van der Waals surface area contributed by atoms with Gasteiger partial charge in [-0.15, -0.1) is 6.42 Å². The quantitative estimate of drug-likeness (QED) is 0.786. The number of hydrogen-bond donors (Lipinski definition) is 1. The van der Waals surface area contributed by atoms with E-state index in [1.807, 2.05) is 12.1 Å². The van der Waals surface area contributed by atoms with Gasteiger partial charge in [-0.1, -0.05) is 23.6 Å². The van der Waals surface area contributed by atoms with Gasteiger partial charge in [0.25, 0.3) is 0 Å². The molecule has 2 aromatic carbocycles. The smallest absolute Gasteiger partial charge is 0.181 e. The predicted molar refractivity (Wildman–Crippen MR) is 95.6 cm³/mol. The van der Waals surface area contributed by atoms with Crippen LogP contribution in [0.2, 0.25) is 5.02 Å². The second-order valence-corrected chi connectivity index (χ2v) is 5.66. The van der Waals surface area contributed by atoms with Gasteiger partial charge in [-0.25, -0.2) is 0 Å². The van der Waals surface area contributed by atoms with Gasteiger partial charge in [0.1, 0.15) is 6.61 Å². The van der Waals surface area contributed by atoms with Crippen molar-refractivity contribution in [2.24, 2.45) is 0 Å². The molecule has 0 bridgehead atoms. The van der Waals surface area contributed by atoms with E-state index in [0.29, 0.717) is 23.1 Å². The minimum atomic E-state index is 0.149. The molecule has 0 spiro atoms. The minimum absolute atomic E-state index is 0.149. The second-order valence-electron chi connectivity index (χ2n) is 5.25. The number of benzene rings is 2. The molecule has 2 rings (SSSR count). The Morgan fingerprint density at radius 3 is 2.61 bits per heavy atom. The molecule has 0 unspecified atom stereocenters. The zero-order valence-electron chi connectivity index (χ0n) is 13.6. The van der Waals surface area contributed by atoms with Crippen molar-refractivity contribution < 1.29 is 9.47 Å². The number of aryl methyl sites for hydroxylation is 2. The highest BCUT2D eigenvalue weighted by Crippen LogP contribution is 2.36. The van der Waals surface area contributed by atoms with E-state index in [-0.39, 0.29) is 6.61 Å². The van der Waals surface area contributed by atoms with Crippen molar-refractivity contribution in [2.45, 2.75) is 20.4 Å². The van der Waals surface area contributed by atoms with E-state index in [0.717, 1.165) is 11.3 Å². The summed E-state index contributed by atoms with van der Waals surface area (Å²) in [4.78, 5) is 0. The van der Waals surface area contributed by atoms with Crippen LogP contribution in [0.1, 0.15) is 16.7 Å². The summed E-state index contributed by atoms with van der Waals surface area (Å²) in [6.07, 6.45) is 5.21. The molecule has 0 heterocycles. The molecule has 0 fully saturated rings. The van der Waals surface area contributed by atoms with Crippen molar-refractivity contribution in [1.29, 1.82) is 0 Å². The highest BCUT2D eigenvalue weighted by molar-refractivity contribution is 6.32. The zero-order valence-corrected chi connectivity index (χ0v) is 14.3. The molecule has 0 saturated carbocycles. The van der Waals surface area contributed by atoms with E-state index in [2.05, 4.69) is 43.3 Å². The maximum Gasteiger partial charge on any atom is 0.181 e. The first-order valence-electron chi connectivity index (χ1n) is 7.29. The third kappa shape index (κ3) is 4.34. The molecule has 4 heteroatoms. The average Bonchev–Trinajstić information content (AvgIpc) is 2.54. The number of rotatable bonds is 6. The molecule has 1 N–H and O–H groups in total. The highest BCUT2D eigenvalue weighted by Gasteiger charge is 2.11. The van der Waals surface area contributed by atoms with Gasteiger partial charge in [0.15, 0.2) is 11.5 Å². The first kappa shape index (κ1) is 17.1. The largest absolute Gasteiger partial charge is 0.493 e. The van der Waals surface area contributed by atoms with E-state index in [9.17, 15) is 0 Å². The van der Waals surface area contributed by atoms with Gasteiger partial charge in [-0.05, 0) is 54.8 Å². The van der Waals surface area contributed by atoms with E-state index >= 15 is 0 Å². The van der Waals surface area contributed by atoms with Crippen LogP contribution >= 0.6 is 11.6 Å². The molecule has 0 saturated heterocycles. The van der Waals surface area contributed by atoms with E-state index < -0.39 is 0 Å². The van der Waals surface area contributed by atoms with Crippen LogP contribution in [0.15, 0.2) is 30.3 Å². The van der Waals surface area contributed by atoms with Crippen molar-refractivity contribution in [3.05, 3.63) is 52.0 Å². The summed E-state index contributed by atoms with van der Waals surface area (Å²) in [5.74, 6) is 3.46. The Kier molecular flexibility index (Phi) is 5.78. The van der Waals surface area contributed by atoms with Crippen LogP contribution in [0.3, 0.4) is 0 Å². The Balaban J connectivity index is 2.15. The molecule has 23 heavy (non-hydrogen) atoms. The van der Waals surface area contributed by atoms with Gasteiger partial charge in [-0.2, -0.15) is 0 Å². The monoisotopic (exact) mass is 329 g/mol. The lowest BCUT2D eigenvalue weighted by molar-refractivity contribution is 0.331. The number of terminal acetylenes is 1. The third-order valence-corrected chi connectivity index (χ3v) is 3.87. The van der Waals surface area contributed by atoms with Crippen LogP contribution in [-0.2, 0) is 6.54 Å². The Morgan fingerprint density at radius 1 is 1.17 bits per heavy atom. The summed E-state index contributed by atoms with van der Waals surface area (Å²) >= 11 is 6.28. The predicted octanol–water partition coefficient (Wildman–Crippen LogP) is 4.59. The number of hydrogen-bond acceptors (Lipinski definition) is 3. The highest BCUT2D eigenvalue weighted by atomic mass is 35.5. The van der Waals surface area contributed by atoms with Crippen molar-refractivity contribution in [1.82, 2.24) is 0 Å². The Morgan fingerprint density at radius 2 is 1.96 bits per heavy atom. The van der Waals surface area contributed by atoms with Crippen LogP contribution in [-0.4, -0.2) is 13.7 Å². The fourth-order valence-electron chi connectivity index (χ4n) is 2.18. The van der Waals surface area contributed by atoms with Crippen LogP contribution in [0.5, 0.6) is 11.5 Å². The van der Waals surface area contributed by atoms with Crippen LogP contribution in [0, 0.1) is 26.2 Å². The molecule has 0 aliphatic carbocycles. The molecule has 3 nitrogen and oxygen atoms in total. The molecule has 0 aliphatic heterocycles. The molecule has 0 aliphatic rings. The van der Waals surface area contributed by atoms with E-state index in [1.165, 1.54) is 11.1 Å². The third-order valence-electron chi connectivity index (χ3n) is 3.59. The normalized spacial score (nSPS) is 10.0. The molecule has 0 amide bonds. The molecule has 2 aromatic rings. The van der Waals surface area contributed by atoms with Crippen molar-refractivity contribution in [2.75, 3.05) is 19.0 Å². The number of anilines is 1. The number of methoxy groups -OCH3 is 1. The SMILES string of the molecule is C#CCOc1c(Cl)cc(CNc2ccc(C)c(C)c2)cc1OC. The topological polar surface area (TPSA) is 30.5 Å².